The van der Waals surface area contributed by atoms with Crippen molar-refractivity contribution in [2.24, 2.45) is 0 Å². The second-order valence-corrected chi connectivity index (χ2v) is 10.0. The molecule has 0 aliphatic carbocycles. The Morgan fingerprint density at radius 1 is 0.949 bits per heavy atom. The van der Waals surface area contributed by atoms with Crippen molar-refractivity contribution in [1.29, 1.82) is 0 Å². The summed E-state index contributed by atoms with van der Waals surface area (Å²) in [7, 11) is 1.75. The minimum absolute atomic E-state index is 0.232. The van der Waals surface area contributed by atoms with E-state index in [4.69, 9.17) is 4.74 Å². The van der Waals surface area contributed by atoms with Crippen LogP contribution in [-0.4, -0.2) is 24.0 Å². The van der Waals surface area contributed by atoms with E-state index in [1.807, 2.05) is 18.2 Å². The first-order chi connectivity index (χ1) is 18.8. The van der Waals surface area contributed by atoms with Gasteiger partial charge in [-0.25, -0.2) is 8.78 Å². The van der Waals surface area contributed by atoms with Crippen LogP contribution in [0.3, 0.4) is 0 Å². The van der Waals surface area contributed by atoms with Crippen LogP contribution in [0.2, 0.25) is 0 Å². The van der Waals surface area contributed by atoms with Crippen molar-refractivity contribution in [3.63, 3.8) is 0 Å². The van der Waals surface area contributed by atoms with E-state index < -0.39 is 11.6 Å². The van der Waals surface area contributed by atoms with E-state index in [1.165, 1.54) is 11.6 Å². The molecule has 0 saturated heterocycles. The number of benzene rings is 3. The van der Waals surface area contributed by atoms with Crippen molar-refractivity contribution < 1.29 is 18.3 Å². The number of ether oxygens (including phenoxy) is 1. The number of rotatable bonds is 11. The third kappa shape index (κ3) is 7.76. The summed E-state index contributed by atoms with van der Waals surface area (Å²) >= 11 is 0. The Bertz CT molecular complexity index is 1350. The van der Waals surface area contributed by atoms with Crippen molar-refractivity contribution in [1.82, 2.24) is 9.88 Å². The van der Waals surface area contributed by atoms with E-state index in [1.54, 1.807) is 13.1 Å². The quantitative estimate of drug-likeness (QED) is 0.197. The zero-order valence-corrected chi connectivity index (χ0v) is 23.6. The number of carbonyl (C=O) groups excluding carboxylic acids is 1. The van der Waals surface area contributed by atoms with E-state index in [0.29, 0.717) is 6.54 Å². The van der Waals surface area contributed by atoms with Gasteiger partial charge in [0.15, 0.2) is 17.9 Å². The van der Waals surface area contributed by atoms with Gasteiger partial charge in [-0.1, -0.05) is 70.5 Å². The van der Waals surface area contributed by atoms with Gasteiger partial charge < -0.3 is 14.6 Å². The van der Waals surface area contributed by atoms with E-state index in [2.05, 4.69) is 67.9 Å². The summed E-state index contributed by atoms with van der Waals surface area (Å²) in [5.74, 6) is -0.459. The maximum absolute atomic E-state index is 12.5. The lowest BCUT2D eigenvalue weighted by Gasteiger charge is -2.18. The average Bonchev–Trinajstić information content (AvgIpc) is 3.24. The van der Waals surface area contributed by atoms with Crippen LogP contribution >= 0.6 is 0 Å². The third-order valence-electron chi connectivity index (χ3n) is 6.70. The Kier molecular flexibility index (Phi) is 11.2. The Hall–Kier alpha value is -3.51. The fourth-order valence-electron chi connectivity index (χ4n) is 4.85. The Morgan fingerprint density at radius 3 is 2.28 bits per heavy atom. The fraction of sp³-hybridized carbons (Fsp3) is 0.364. The highest BCUT2D eigenvalue weighted by Crippen LogP contribution is 2.33. The molecule has 0 spiro atoms. The first-order valence-electron chi connectivity index (χ1n) is 13.7. The van der Waals surface area contributed by atoms with Gasteiger partial charge in [-0.15, -0.1) is 0 Å². The van der Waals surface area contributed by atoms with Gasteiger partial charge in [0.1, 0.15) is 5.75 Å². The zero-order valence-electron chi connectivity index (χ0n) is 23.6. The third-order valence-corrected chi connectivity index (χ3v) is 6.70. The molecule has 0 amide bonds. The van der Waals surface area contributed by atoms with Crippen LogP contribution < -0.4 is 10.1 Å². The lowest BCUT2D eigenvalue weighted by molar-refractivity contribution is 0.112. The Labute approximate surface area is 231 Å². The number of halogens is 2. The van der Waals surface area contributed by atoms with Crippen molar-refractivity contribution in [3.8, 4) is 5.75 Å². The molecule has 1 aromatic heterocycles. The number of carbonyl (C=O) groups is 1. The number of aldehydes is 1. The number of hydrogen-bond donors (Lipinski definition) is 1. The smallest absolute Gasteiger partial charge is 0.159 e. The Balaban J connectivity index is 0.000000320. The molecule has 6 heteroatoms. The lowest BCUT2D eigenvalue weighted by Crippen LogP contribution is -2.14. The molecule has 0 radical (unpaired) electrons. The van der Waals surface area contributed by atoms with Gasteiger partial charge in [0, 0.05) is 35.8 Å². The van der Waals surface area contributed by atoms with E-state index in [9.17, 15) is 13.6 Å². The molecule has 1 atom stereocenters. The molecule has 0 saturated carbocycles. The van der Waals surface area contributed by atoms with Gasteiger partial charge in [-0.2, -0.15) is 0 Å². The first kappa shape index (κ1) is 30.0. The maximum Gasteiger partial charge on any atom is 0.159 e. The number of hydrogen-bond acceptors (Lipinski definition) is 3. The van der Waals surface area contributed by atoms with Gasteiger partial charge in [-0.3, -0.25) is 4.79 Å². The van der Waals surface area contributed by atoms with Crippen LogP contribution in [0.15, 0.2) is 66.7 Å². The highest BCUT2D eigenvalue weighted by atomic mass is 19.2. The molecular formula is C33H40F2N2O2. The van der Waals surface area contributed by atoms with E-state index >= 15 is 0 Å². The molecule has 4 nitrogen and oxygen atoms in total. The molecule has 4 rings (SSSR count). The summed E-state index contributed by atoms with van der Waals surface area (Å²) < 4.78 is 33.4. The molecule has 0 fully saturated rings. The molecule has 1 heterocycles. The molecule has 39 heavy (non-hydrogen) atoms. The molecule has 1 unspecified atom stereocenters. The van der Waals surface area contributed by atoms with Crippen LogP contribution in [-0.2, 0) is 13.1 Å². The molecule has 0 aliphatic rings. The summed E-state index contributed by atoms with van der Waals surface area (Å²) in [5, 5.41) is 3.85. The SMILES string of the molecule is CCCC(CC)Oc1ccc2c(C=O)c(C(C)C)n(Cc3ccccc3)c2c1.CNCc1ccc(F)c(F)c1. The summed E-state index contributed by atoms with van der Waals surface area (Å²) in [4.78, 5) is 12.0. The average molecular weight is 535 g/mol. The molecule has 0 bridgehead atoms. The second kappa shape index (κ2) is 14.6. The highest BCUT2D eigenvalue weighted by molar-refractivity contribution is 6.00. The fourth-order valence-corrected chi connectivity index (χ4v) is 4.85. The van der Waals surface area contributed by atoms with Crippen LogP contribution in [0, 0.1) is 11.6 Å². The molecule has 208 valence electrons. The standard InChI is InChI=1S/C25H31NO2.C8H9F2N/c1-5-10-20(6-2)28-21-13-14-22-23(17-27)25(18(3)4)26(24(22)15-21)16-19-11-8-7-9-12-19;1-11-5-6-2-3-7(9)8(10)4-6/h7-9,11-15,17-18,20H,5-6,10,16H2,1-4H3;2-4,11H,5H2,1H3. The summed E-state index contributed by atoms with van der Waals surface area (Å²) in [6.45, 7) is 9.94. The maximum atomic E-state index is 12.5. The first-order valence-corrected chi connectivity index (χ1v) is 13.7. The summed E-state index contributed by atoms with van der Waals surface area (Å²) in [6.07, 6.45) is 4.39. The highest BCUT2D eigenvalue weighted by Gasteiger charge is 2.20. The minimum atomic E-state index is -0.801. The van der Waals surface area contributed by atoms with Crippen LogP contribution in [0.4, 0.5) is 8.78 Å². The van der Waals surface area contributed by atoms with Crippen LogP contribution in [0.25, 0.3) is 10.9 Å². The second-order valence-electron chi connectivity index (χ2n) is 10.0. The van der Waals surface area contributed by atoms with Gasteiger partial charge in [0.25, 0.3) is 0 Å². The topological polar surface area (TPSA) is 43.3 Å². The molecule has 1 N–H and O–H groups in total. The van der Waals surface area contributed by atoms with E-state index in [0.717, 1.165) is 71.6 Å². The number of aromatic nitrogens is 1. The van der Waals surface area contributed by atoms with Gasteiger partial charge >= 0.3 is 0 Å². The summed E-state index contributed by atoms with van der Waals surface area (Å²) in [6, 6.07) is 20.4. The van der Waals surface area contributed by atoms with Crippen molar-refractivity contribution >= 4 is 17.2 Å². The monoisotopic (exact) mass is 534 g/mol. The normalized spacial score (nSPS) is 11.8. The van der Waals surface area contributed by atoms with Crippen molar-refractivity contribution in [3.05, 3.63) is 101 Å². The largest absolute Gasteiger partial charge is 0.490 e. The van der Waals surface area contributed by atoms with Crippen LogP contribution in [0.5, 0.6) is 5.75 Å². The zero-order chi connectivity index (χ0) is 28.4. The number of nitrogens with zero attached hydrogens (tertiary/aromatic N) is 1. The molecular weight excluding hydrogens is 494 g/mol. The van der Waals surface area contributed by atoms with Gasteiger partial charge in [0.05, 0.1) is 11.6 Å². The number of nitrogens with one attached hydrogen (secondary N) is 1. The predicted octanol–water partition coefficient (Wildman–Crippen LogP) is 8.27. The van der Waals surface area contributed by atoms with Gasteiger partial charge in [0.2, 0.25) is 0 Å². The minimum Gasteiger partial charge on any atom is -0.490 e. The van der Waals surface area contributed by atoms with E-state index in [-0.39, 0.29) is 12.0 Å². The molecule has 4 aromatic rings. The molecule has 3 aromatic carbocycles. The Morgan fingerprint density at radius 2 is 1.69 bits per heavy atom. The lowest BCUT2D eigenvalue weighted by atomic mass is 10.0. The number of fused-ring (bicyclic) bond motifs is 1. The summed E-state index contributed by atoms with van der Waals surface area (Å²) in [5.41, 5.74) is 4.92. The molecule has 0 aliphatic heterocycles. The predicted molar refractivity (Wildman–Crippen MR) is 156 cm³/mol. The van der Waals surface area contributed by atoms with Crippen LogP contribution in [0.1, 0.15) is 80.1 Å². The van der Waals surface area contributed by atoms with Gasteiger partial charge in [-0.05, 0) is 61.2 Å². The van der Waals surface area contributed by atoms with Crippen molar-refractivity contribution in [2.45, 2.75) is 72.1 Å². The van der Waals surface area contributed by atoms with Crippen molar-refractivity contribution in [2.75, 3.05) is 7.05 Å².